The second-order valence-electron chi connectivity index (χ2n) is 6.47. The average molecular weight is 416 g/mol. The van der Waals surface area contributed by atoms with Gasteiger partial charge < -0.3 is 14.8 Å². The summed E-state index contributed by atoms with van der Waals surface area (Å²) < 4.78 is 2.94. The number of thiazole rings is 2. The standard InChI is InChI=1S/C17H17N7O2S2/c1-23-14-11(15-16(23)21-12(28-15)4-9-2-3-18-22-9)5-19-24(17(14)26)6-10-8-27-13(7-25)20-10/h2-3,5,8,17,25-26H,4,6-7H2,1H3,(H,18,22). The normalized spacial score (nSPS) is 16.2. The number of rotatable bonds is 5. The molecule has 0 saturated heterocycles. The van der Waals surface area contributed by atoms with E-state index < -0.39 is 6.23 Å². The van der Waals surface area contributed by atoms with Crippen molar-refractivity contribution in [1.82, 2.24) is 29.7 Å². The van der Waals surface area contributed by atoms with Crippen LogP contribution in [0.5, 0.6) is 0 Å². The van der Waals surface area contributed by atoms with Crippen LogP contribution in [-0.4, -0.2) is 46.2 Å². The molecule has 5 rings (SSSR count). The number of hydrazone groups is 1. The van der Waals surface area contributed by atoms with E-state index in [0.29, 0.717) is 18.0 Å². The lowest BCUT2D eigenvalue weighted by atomic mass is 10.2. The van der Waals surface area contributed by atoms with Crippen LogP contribution in [0, 0.1) is 0 Å². The summed E-state index contributed by atoms with van der Waals surface area (Å²) in [6.07, 6.45) is 3.36. The minimum atomic E-state index is -0.888. The van der Waals surface area contributed by atoms with Gasteiger partial charge in [0.25, 0.3) is 0 Å². The van der Waals surface area contributed by atoms with Crippen LogP contribution in [0.4, 0.5) is 0 Å². The second kappa shape index (κ2) is 6.78. The van der Waals surface area contributed by atoms with E-state index in [2.05, 4.69) is 20.3 Å². The highest BCUT2D eigenvalue weighted by atomic mass is 32.1. The zero-order chi connectivity index (χ0) is 19.3. The molecule has 4 aromatic heterocycles. The lowest BCUT2D eigenvalue weighted by Crippen LogP contribution is -2.29. The third-order valence-electron chi connectivity index (χ3n) is 4.66. The highest BCUT2D eigenvalue weighted by molar-refractivity contribution is 7.19. The first-order valence-corrected chi connectivity index (χ1v) is 10.3. The number of hydrogen-bond acceptors (Lipinski definition) is 9. The molecular formula is C17H17N7O2S2. The Morgan fingerprint density at radius 2 is 2.14 bits per heavy atom. The largest absolute Gasteiger partial charge is 0.389 e. The Hall–Kier alpha value is -2.60. The molecule has 9 nitrogen and oxygen atoms in total. The molecule has 4 aromatic rings. The molecule has 1 aliphatic heterocycles. The number of aliphatic hydroxyl groups excluding tert-OH is 2. The molecule has 0 radical (unpaired) electrons. The van der Waals surface area contributed by atoms with E-state index >= 15 is 0 Å². The van der Waals surface area contributed by atoms with Gasteiger partial charge >= 0.3 is 0 Å². The Labute approximate surface area is 167 Å². The van der Waals surface area contributed by atoms with E-state index in [1.54, 1.807) is 28.8 Å². The molecule has 0 saturated carbocycles. The minimum absolute atomic E-state index is 0.0823. The molecular weight excluding hydrogens is 398 g/mol. The summed E-state index contributed by atoms with van der Waals surface area (Å²) in [4.78, 5) is 9.08. The van der Waals surface area contributed by atoms with Crippen LogP contribution in [0.15, 0.2) is 22.7 Å². The summed E-state index contributed by atoms with van der Waals surface area (Å²) in [7, 11) is 1.91. The third-order valence-corrected chi connectivity index (χ3v) is 6.62. The van der Waals surface area contributed by atoms with E-state index in [-0.39, 0.29) is 6.61 Å². The predicted octanol–water partition coefficient (Wildman–Crippen LogP) is 1.74. The number of H-pyrrole nitrogens is 1. The Balaban J connectivity index is 1.45. The number of aromatic amines is 1. The molecule has 3 N–H and O–H groups in total. The van der Waals surface area contributed by atoms with Crippen molar-refractivity contribution in [2.45, 2.75) is 25.8 Å². The van der Waals surface area contributed by atoms with Gasteiger partial charge in [-0.1, -0.05) is 0 Å². The quantitative estimate of drug-likeness (QED) is 0.457. The maximum atomic E-state index is 10.9. The van der Waals surface area contributed by atoms with Crippen LogP contribution < -0.4 is 0 Å². The van der Waals surface area contributed by atoms with Crippen molar-refractivity contribution in [2.75, 3.05) is 0 Å². The lowest BCUT2D eigenvalue weighted by molar-refractivity contribution is -0.0107. The number of fused-ring (bicyclic) bond motifs is 3. The van der Waals surface area contributed by atoms with Gasteiger partial charge in [0.2, 0.25) is 0 Å². The number of nitrogens with zero attached hydrogens (tertiary/aromatic N) is 6. The van der Waals surface area contributed by atoms with E-state index in [1.807, 2.05) is 23.1 Å². The fraction of sp³-hybridized carbons (Fsp3) is 0.294. The van der Waals surface area contributed by atoms with E-state index in [0.717, 1.165) is 38.0 Å². The van der Waals surface area contributed by atoms with Gasteiger partial charge in [0.15, 0.2) is 11.9 Å². The number of nitrogens with one attached hydrogen (secondary N) is 1. The smallest absolute Gasteiger partial charge is 0.184 e. The maximum absolute atomic E-state index is 10.9. The van der Waals surface area contributed by atoms with Gasteiger partial charge in [0.1, 0.15) is 10.0 Å². The summed E-state index contributed by atoms with van der Waals surface area (Å²) in [5.74, 6) is 0. The Morgan fingerprint density at radius 3 is 2.89 bits per heavy atom. The molecule has 0 fully saturated rings. The van der Waals surface area contributed by atoms with Crippen LogP contribution in [0.25, 0.3) is 10.3 Å². The number of aryl methyl sites for hydroxylation is 1. The predicted molar refractivity (Wildman–Crippen MR) is 106 cm³/mol. The van der Waals surface area contributed by atoms with Gasteiger partial charge in [0, 0.05) is 30.6 Å². The lowest BCUT2D eigenvalue weighted by Gasteiger charge is -2.28. The van der Waals surface area contributed by atoms with Crippen LogP contribution in [0.1, 0.15) is 38.9 Å². The topological polar surface area (TPSA) is 115 Å². The minimum Gasteiger partial charge on any atom is -0.389 e. The molecule has 144 valence electrons. The van der Waals surface area contributed by atoms with Gasteiger partial charge in [-0.15, -0.1) is 22.7 Å². The maximum Gasteiger partial charge on any atom is 0.184 e. The zero-order valence-electron chi connectivity index (χ0n) is 14.9. The second-order valence-corrected chi connectivity index (χ2v) is 8.49. The first kappa shape index (κ1) is 17.5. The molecule has 0 bridgehead atoms. The summed E-state index contributed by atoms with van der Waals surface area (Å²) in [5.41, 5.74) is 4.22. The molecule has 1 unspecified atom stereocenters. The Bertz CT molecular complexity index is 1160. The molecule has 0 aliphatic carbocycles. The fourth-order valence-electron chi connectivity index (χ4n) is 3.35. The molecule has 1 atom stereocenters. The summed E-state index contributed by atoms with van der Waals surface area (Å²) in [6, 6.07) is 1.94. The summed E-state index contributed by atoms with van der Waals surface area (Å²) in [6.45, 7) is 0.283. The van der Waals surface area contributed by atoms with E-state index in [4.69, 9.17) is 4.98 Å². The number of hydrogen-bond donors (Lipinski definition) is 3. The first-order valence-electron chi connectivity index (χ1n) is 8.63. The number of aliphatic hydroxyl groups is 2. The molecule has 28 heavy (non-hydrogen) atoms. The molecule has 0 amide bonds. The van der Waals surface area contributed by atoms with Gasteiger partial charge in [-0.3, -0.25) is 10.1 Å². The zero-order valence-corrected chi connectivity index (χ0v) is 16.5. The van der Waals surface area contributed by atoms with E-state index in [1.165, 1.54) is 11.3 Å². The van der Waals surface area contributed by atoms with Crippen LogP contribution in [0.3, 0.4) is 0 Å². The Kier molecular flexibility index (Phi) is 4.23. The van der Waals surface area contributed by atoms with Crippen LogP contribution in [-0.2, 0) is 26.6 Å². The molecule has 11 heteroatoms. The van der Waals surface area contributed by atoms with Crippen LogP contribution in [0.2, 0.25) is 0 Å². The third kappa shape index (κ3) is 2.83. The van der Waals surface area contributed by atoms with Crippen molar-refractivity contribution in [2.24, 2.45) is 12.1 Å². The average Bonchev–Trinajstić information content (AvgIpc) is 3.46. The highest BCUT2D eigenvalue weighted by Crippen LogP contribution is 2.37. The Morgan fingerprint density at radius 1 is 1.25 bits per heavy atom. The van der Waals surface area contributed by atoms with Crippen molar-refractivity contribution in [3.63, 3.8) is 0 Å². The van der Waals surface area contributed by atoms with Crippen molar-refractivity contribution >= 4 is 39.2 Å². The van der Waals surface area contributed by atoms with Gasteiger partial charge in [-0.2, -0.15) is 10.2 Å². The van der Waals surface area contributed by atoms with E-state index in [9.17, 15) is 10.2 Å². The van der Waals surface area contributed by atoms with Gasteiger partial charge in [-0.25, -0.2) is 9.97 Å². The van der Waals surface area contributed by atoms with Crippen molar-refractivity contribution < 1.29 is 10.2 Å². The number of aromatic nitrogens is 5. The fourth-order valence-corrected chi connectivity index (χ4v) is 5.12. The van der Waals surface area contributed by atoms with Crippen LogP contribution >= 0.6 is 22.7 Å². The first-order chi connectivity index (χ1) is 13.6. The SMILES string of the molecule is Cn1c2c(c3sc(Cc4cc[nH]n4)nc31)C=NN(Cc1csc(CO)n1)C2O. The van der Waals surface area contributed by atoms with Gasteiger partial charge in [0.05, 0.1) is 41.1 Å². The van der Waals surface area contributed by atoms with Crippen molar-refractivity contribution in [3.8, 4) is 0 Å². The molecule has 0 spiro atoms. The molecule has 5 heterocycles. The monoisotopic (exact) mass is 415 g/mol. The molecule has 1 aliphatic rings. The van der Waals surface area contributed by atoms with Crippen molar-refractivity contribution in [3.05, 3.63) is 50.3 Å². The summed E-state index contributed by atoms with van der Waals surface area (Å²) in [5, 5.41) is 36.6. The van der Waals surface area contributed by atoms with Gasteiger partial charge in [-0.05, 0) is 6.07 Å². The molecule has 0 aromatic carbocycles. The summed E-state index contributed by atoms with van der Waals surface area (Å²) >= 11 is 2.99. The highest BCUT2D eigenvalue weighted by Gasteiger charge is 2.30. The van der Waals surface area contributed by atoms with Crippen molar-refractivity contribution in [1.29, 1.82) is 0 Å².